The molecular formula is C16H11Cl2N3O. The van der Waals surface area contributed by atoms with Crippen LogP contribution in [0.3, 0.4) is 0 Å². The summed E-state index contributed by atoms with van der Waals surface area (Å²) in [4.78, 5) is 12.2. The van der Waals surface area contributed by atoms with Crippen LogP contribution in [0, 0.1) is 0 Å². The molecule has 0 unspecified atom stereocenters. The van der Waals surface area contributed by atoms with Crippen LogP contribution in [-0.4, -0.2) is 15.7 Å². The first-order valence-electron chi connectivity index (χ1n) is 6.50. The number of nitrogens with one attached hydrogen (secondary N) is 1. The molecule has 4 nitrogen and oxygen atoms in total. The van der Waals surface area contributed by atoms with E-state index >= 15 is 0 Å². The normalized spacial score (nSPS) is 10.5. The molecule has 0 radical (unpaired) electrons. The second-order valence-electron chi connectivity index (χ2n) is 4.55. The molecule has 0 aliphatic heterocycles. The maximum atomic E-state index is 12.2. The van der Waals surface area contributed by atoms with Gasteiger partial charge >= 0.3 is 0 Å². The van der Waals surface area contributed by atoms with Crippen molar-refractivity contribution in [1.82, 2.24) is 9.78 Å². The van der Waals surface area contributed by atoms with Gasteiger partial charge in [-0.25, -0.2) is 4.68 Å². The van der Waals surface area contributed by atoms with Gasteiger partial charge in [-0.15, -0.1) is 0 Å². The van der Waals surface area contributed by atoms with Crippen LogP contribution in [0.2, 0.25) is 10.0 Å². The summed E-state index contributed by atoms with van der Waals surface area (Å²) in [6.07, 6.45) is 3.53. The molecule has 1 heterocycles. The monoisotopic (exact) mass is 331 g/mol. The summed E-state index contributed by atoms with van der Waals surface area (Å²) in [5, 5.41) is 7.60. The van der Waals surface area contributed by atoms with Gasteiger partial charge in [-0.3, -0.25) is 4.79 Å². The summed E-state index contributed by atoms with van der Waals surface area (Å²) in [6, 6.07) is 14.0. The van der Waals surface area contributed by atoms with E-state index in [1.807, 2.05) is 24.4 Å². The summed E-state index contributed by atoms with van der Waals surface area (Å²) in [6.45, 7) is 0. The number of rotatable bonds is 3. The number of halogens is 2. The summed E-state index contributed by atoms with van der Waals surface area (Å²) < 4.78 is 1.72. The van der Waals surface area contributed by atoms with Gasteiger partial charge in [-0.1, -0.05) is 29.3 Å². The summed E-state index contributed by atoms with van der Waals surface area (Å²) in [5.74, 6) is -0.254. The third-order valence-electron chi connectivity index (χ3n) is 3.10. The van der Waals surface area contributed by atoms with Crippen molar-refractivity contribution in [2.24, 2.45) is 0 Å². The molecule has 3 rings (SSSR count). The Hall–Kier alpha value is -2.30. The molecule has 2 aromatic carbocycles. The van der Waals surface area contributed by atoms with Crippen LogP contribution in [0.4, 0.5) is 5.69 Å². The number of carbonyl (C=O) groups excluding carboxylic acids is 1. The molecule has 1 amide bonds. The third kappa shape index (κ3) is 2.98. The van der Waals surface area contributed by atoms with Crippen LogP contribution in [0.25, 0.3) is 5.69 Å². The standard InChI is InChI=1S/C16H11Cl2N3O/c17-13-3-1-4-14(15(13)18)20-16(22)11-5-7-12(8-6-11)21-10-2-9-19-21/h1-10H,(H,20,22). The van der Waals surface area contributed by atoms with E-state index in [1.54, 1.807) is 41.2 Å². The smallest absolute Gasteiger partial charge is 0.255 e. The zero-order valence-electron chi connectivity index (χ0n) is 11.3. The van der Waals surface area contributed by atoms with Crippen molar-refractivity contribution in [3.63, 3.8) is 0 Å². The fourth-order valence-electron chi connectivity index (χ4n) is 1.98. The number of carbonyl (C=O) groups is 1. The summed E-state index contributed by atoms with van der Waals surface area (Å²) >= 11 is 12.0. The van der Waals surface area contributed by atoms with E-state index in [0.29, 0.717) is 21.3 Å². The Balaban J connectivity index is 1.79. The predicted molar refractivity (Wildman–Crippen MR) is 88.0 cm³/mol. The molecule has 6 heteroatoms. The Kier molecular flexibility index (Phi) is 4.13. The van der Waals surface area contributed by atoms with E-state index in [4.69, 9.17) is 23.2 Å². The average Bonchev–Trinajstić information content (AvgIpc) is 3.06. The summed E-state index contributed by atoms with van der Waals surface area (Å²) in [7, 11) is 0. The predicted octanol–water partition coefficient (Wildman–Crippen LogP) is 4.43. The lowest BCUT2D eigenvalue weighted by Crippen LogP contribution is -2.12. The summed E-state index contributed by atoms with van der Waals surface area (Å²) in [5.41, 5.74) is 1.88. The highest BCUT2D eigenvalue weighted by Gasteiger charge is 2.10. The molecule has 0 aliphatic carbocycles. The molecule has 3 aromatic rings. The zero-order valence-corrected chi connectivity index (χ0v) is 12.8. The first-order chi connectivity index (χ1) is 10.6. The minimum Gasteiger partial charge on any atom is -0.321 e. The second kappa shape index (κ2) is 6.22. The zero-order chi connectivity index (χ0) is 15.5. The Morgan fingerprint density at radius 1 is 1.05 bits per heavy atom. The van der Waals surface area contributed by atoms with Gasteiger partial charge in [0.1, 0.15) is 0 Å². The number of hydrogen-bond donors (Lipinski definition) is 1. The van der Waals surface area contributed by atoms with Crippen LogP contribution < -0.4 is 5.32 Å². The van der Waals surface area contributed by atoms with Gasteiger partial charge in [-0.05, 0) is 42.5 Å². The molecule has 0 saturated heterocycles. The van der Waals surface area contributed by atoms with Crippen LogP contribution >= 0.6 is 23.2 Å². The molecule has 0 fully saturated rings. The van der Waals surface area contributed by atoms with E-state index in [-0.39, 0.29) is 5.91 Å². The molecule has 110 valence electrons. The van der Waals surface area contributed by atoms with Gasteiger partial charge in [0.2, 0.25) is 0 Å². The van der Waals surface area contributed by atoms with E-state index < -0.39 is 0 Å². The average molecular weight is 332 g/mol. The van der Waals surface area contributed by atoms with Gasteiger partial charge in [0, 0.05) is 18.0 Å². The van der Waals surface area contributed by atoms with Crippen molar-refractivity contribution in [1.29, 1.82) is 0 Å². The van der Waals surface area contributed by atoms with Crippen LogP contribution in [0.1, 0.15) is 10.4 Å². The molecule has 0 spiro atoms. The van der Waals surface area contributed by atoms with E-state index in [1.165, 1.54) is 0 Å². The number of nitrogens with zero attached hydrogens (tertiary/aromatic N) is 2. The van der Waals surface area contributed by atoms with Crippen molar-refractivity contribution < 1.29 is 4.79 Å². The molecular weight excluding hydrogens is 321 g/mol. The van der Waals surface area contributed by atoms with Crippen molar-refractivity contribution in [3.05, 3.63) is 76.5 Å². The number of amides is 1. The first-order valence-corrected chi connectivity index (χ1v) is 7.26. The molecule has 1 aromatic heterocycles. The fourth-order valence-corrected chi connectivity index (χ4v) is 2.33. The van der Waals surface area contributed by atoms with Gasteiger partial charge in [0.25, 0.3) is 5.91 Å². The number of hydrogen-bond acceptors (Lipinski definition) is 2. The lowest BCUT2D eigenvalue weighted by atomic mass is 10.2. The largest absolute Gasteiger partial charge is 0.321 e. The number of aromatic nitrogens is 2. The van der Waals surface area contributed by atoms with Gasteiger partial charge in [-0.2, -0.15) is 5.10 Å². The molecule has 0 saturated carbocycles. The quantitative estimate of drug-likeness (QED) is 0.771. The van der Waals surface area contributed by atoms with Crippen LogP contribution in [0.5, 0.6) is 0 Å². The second-order valence-corrected chi connectivity index (χ2v) is 5.34. The lowest BCUT2D eigenvalue weighted by molar-refractivity contribution is 0.102. The highest BCUT2D eigenvalue weighted by atomic mass is 35.5. The Labute approximate surface area is 137 Å². The van der Waals surface area contributed by atoms with Crippen molar-refractivity contribution in [3.8, 4) is 5.69 Å². The lowest BCUT2D eigenvalue weighted by Gasteiger charge is -2.09. The molecule has 0 bridgehead atoms. The molecule has 0 aliphatic rings. The molecule has 22 heavy (non-hydrogen) atoms. The minimum absolute atomic E-state index is 0.254. The first kappa shape index (κ1) is 14.6. The van der Waals surface area contributed by atoms with Crippen molar-refractivity contribution in [2.75, 3.05) is 5.32 Å². The Morgan fingerprint density at radius 2 is 1.82 bits per heavy atom. The van der Waals surface area contributed by atoms with Crippen molar-refractivity contribution >= 4 is 34.8 Å². The van der Waals surface area contributed by atoms with Gasteiger partial charge in [0.15, 0.2) is 0 Å². The fraction of sp³-hybridized carbons (Fsp3) is 0. The maximum Gasteiger partial charge on any atom is 0.255 e. The van der Waals surface area contributed by atoms with E-state index in [9.17, 15) is 4.79 Å². The number of benzene rings is 2. The SMILES string of the molecule is O=C(Nc1cccc(Cl)c1Cl)c1ccc(-n2cccn2)cc1. The Morgan fingerprint density at radius 3 is 2.50 bits per heavy atom. The topological polar surface area (TPSA) is 46.9 Å². The van der Waals surface area contributed by atoms with Gasteiger partial charge < -0.3 is 5.32 Å². The van der Waals surface area contributed by atoms with E-state index in [0.717, 1.165) is 5.69 Å². The highest BCUT2D eigenvalue weighted by Crippen LogP contribution is 2.29. The van der Waals surface area contributed by atoms with Crippen molar-refractivity contribution in [2.45, 2.75) is 0 Å². The van der Waals surface area contributed by atoms with Crippen LogP contribution in [-0.2, 0) is 0 Å². The van der Waals surface area contributed by atoms with Gasteiger partial charge in [0.05, 0.1) is 21.4 Å². The highest BCUT2D eigenvalue weighted by molar-refractivity contribution is 6.44. The minimum atomic E-state index is -0.254. The molecule has 0 atom stereocenters. The number of anilines is 1. The van der Waals surface area contributed by atoms with Crippen LogP contribution in [0.15, 0.2) is 60.9 Å². The third-order valence-corrected chi connectivity index (χ3v) is 3.92. The van der Waals surface area contributed by atoms with E-state index in [2.05, 4.69) is 10.4 Å². The molecule has 1 N–H and O–H groups in total. The Bertz CT molecular complexity index is 799. The maximum absolute atomic E-state index is 12.2.